The fourth-order valence-corrected chi connectivity index (χ4v) is 2.66. The van der Waals surface area contributed by atoms with Gasteiger partial charge in [0.05, 0.1) is 29.5 Å². The molecular weight excluding hydrogens is 340 g/mol. The van der Waals surface area contributed by atoms with Crippen LogP contribution in [0.3, 0.4) is 0 Å². The molecule has 1 unspecified atom stereocenters. The summed E-state index contributed by atoms with van der Waals surface area (Å²) in [5.41, 5.74) is -0.153. The maximum atomic E-state index is 13.8. The van der Waals surface area contributed by atoms with Gasteiger partial charge < -0.3 is 9.64 Å². The molecule has 0 N–H and O–H groups in total. The van der Waals surface area contributed by atoms with Crippen LogP contribution in [0.5, 0.6) is 6.01 Å². The van der Waals surface area contributed by atoms with Crippen LogP contribution in [-0.4, -0.2) is 40.0 Å². The number of aromatic nitrogens is 2. The summed E-state index contributed by atoms with van der Waals surface area (Å²) in [6.07, 6.45) is 3.97. The molecule has 1 atom stereocenters. The lowest BCUT2D eigenvalue weighted by Gasteiger charge is -2.32. The first-order valence-corrected chi connectivity index (χ1v) is 7.79. The van der Waals surface area contributed by atoms with Crippen molar-refractivity contribution in [2.75, 3.05) is 13.1 Å². The minimum atomic E-state index is -0.871. The number of rotatable bonds is 3. The number of benzene rings is 1. The smallest absolute Gasteiger partial charge is 0.316 e. The molecule has 1 aromatic heterocycles. The average Bonchev–Trinajstić information content (AvgIpc) is 2.57. The highest BCUT2D eigenvalue weighted by molar-refractivity contribution is 6.30. The summed E-state index contributed by atoms with van der Waals surface area (Å²) in [6, 6.07) is 3.09. The average molecular weight is 354 g/mol. The zero-order chi connectivity index (χ0) is 17.1. The lowest BCUT2D eigenvalue weighted by atomic mass is 10.1. The summed E-state index contributed by atoms with van der Waals surface area (Å²) in [6.45, 7) is 0.763. The Hall–Kier alpha value is -2.28. The van der Waals surface area contributed by atoms with Crippen LogP contribution >= 0.6 is 11.6 Å². The zero-order valence-electron chi connectivity index (χ0n) is 12.6. The van der Waals surface area contributed by atoms with Gasteiger partial charge in [-0.25, -0.2) is 18.7 Å². The third kappa shape index (κ3) is 3.79. The topological polar surface area (TPSA) is 55.3 Å². The highest BCUT2D eigenvalue weighted by Gasteiger charge is 2.27. The summed E-state index contributed by atoms with van der Waals surface area (Å²) in [5.74, 6) is -2.08. The van der Waals surface area contributed by atoms with Crippen LogP contribution in [0.15, 0.2) is 30.6 Å². The second-order valence-electron chi connectivity index (χ2n) is 5.44. The number of nitrogens with zero attached hydrogens (tertiary/aromatic N) is 3. The van der Waals surface area contributed by atoms with Crippen LogP contribution in [0.25, 0.3) is 0 Å². The van der Waals surface area contributed by atoms with E-state index in [0.29, 0.717) is 24.1 Å². The number of carbonyl (C=O) groups is 1. The Bertz CT molecular complexity index is 743. The quantitative estimate of drug-likeness (QED) is 0.851. The second kappa shape index (κ2) is 7.09. The third-order valence-corrected chi connectivity index (χ3v) is 3.89. The Kier molecular flexibility index (Phi) is 4.89. The van der Waals surface area contributed by atoms with Gasteiger partial charge in [0, 0.05) is 12.6 Å². The molecule has 1 aliphatic rings. The van der Waals surface area contributed by atoms with Crippen LogP contribution < -0.4 is 4.74 Å². The molecule has 1 aliphatic heterocycles. The van der Waals surface area contributed by atoms with Crippen LogP contribution in [0.4, 0.5) is 8.78 Å². The number of piperidine rings is 1. The van der Waals surface area contributed by atoms with Crippen molar-refractivity contribution in [1.29, 1.82) is 0 Å². The van der Waals surface area contributed by atoms with Crippen LogP contribution in [0.1, 0.15) is 23.2 Å². The van der Waals surface area contributed by atoms with Gasteiger partial charge >= 0.3 is 6.01 Å². The van der Waals surface area contributed by atoms with Crippen molar-refractivity contribution in [3.63, 3.8) is 0 Å². The summed E-state index contributed by atoms with van der Waals surface area (Å²) >= 11 is 5.72. The maximum Gasteiger partial charge on any atom is 0.316 e. The molecule has 1 aromatic carbocycles. The minimum Gasteiger partial charge on any atom is -0.458 e. The van der Waals surface area contributed by atoms with Gasteiger partial charge in [-0.2, -0.15) is 0 Å². The van der Waals surface area contributed by atoms with Gasteiger partial charge in [-0.15, -0.1) is 0 Å². The monoisotopic (exact) mass is 353 g/mol. The molecule has 0 radical (unpaired) electrons. The van der Waals surface area contributed by atoms with Crippen molar-refractivity contribution in [2.45, 2.75) is 18.9 Å². The Morgan fingerprint density at radius 1 is 1.29 bits per heavy atom. The van der Waals surface area contributed by atoms with Gasteiger partial charge in [0.25, 0.3) is 5.91 Å². The van der Waals surface area contributed by atoms with Crippen LogP contribution in [0.2, 0.25) is 5.02 Å². The van der Waals surface area contributed by atoms with Gasteiger partial charge in [-0.3, -0.25) is 4.79 Å². The Balaban J connectivity index is 1.68. The molecule has 0 bridgehead atoms. The number of hydrogen-bond donors (Lipinski definition) is 0. The Morgan fingerprint density at radius 3 is 2.75 bits per heavy atom. The van der Waals surface area contributed by atoms with E-state index in [1.54, 1.807) is 0 Å². The van der Waals surface area contributed by atoms with Gasteiger partial charge in [0.15, 0.2) is 0 Å². The van der Waals surface area contributed by atoms with Crippen molar-refractivity contribution < 1.29 is 18.3 Å². The zero-order valence-corrected chi connectivity index (χ0v) is 13.3. The van der Waals surface area contributed by atoms with E-state index in [4.69, 9.17) is 16.3 Å². The van der Waals surface area contributed by atoms with Gasteiger partial charge in [-0.1, -0.05) is 11.6 Å². The summed E-state index contributed by atoms with van der Waals surface area (Å²) in [4.78, 5) is 21.8. The molecule has 0 aliphatic carbocycles. The molecule has 2 aromatic rings. The number of hydrogen-bond acceptors (Lipinski definition) is 4. The predicted molar refractivity (Wildman–Crippen MR) is 83.0 cm³/mol. The van der Waals surface area contributed by atoms with Crippen LogP contribution in [-0.2, 0) is 0 Å². The van der Waals surface area contributed by atoms with E-state index in [1.807, 2.05) is 0 Å². The van der Waals surface area contributed by atoms with Crippen molar-refractivity contribution in [1.82, 2.24) is 14.9 Å². The van der Waals surface area contributed by atoms with Crippen LogP contribution in [0, 0.1) is 11.6 Å². The van der Waals surface area contributed by atoms with Crippen molar-refractivity contribution >= 4 is 17.5 Å². The van der Waals surface area contributed by atoms with E-state index in [1.165, 1.54) is 17.3 Å². The predicted octanol–water partition coefficient (Wildman–Crippen LogP) is 3.09. The maximum absolute atomic E-state index is 13.8. The fourth-order valence-electron chi connectivity index (χ4n) is 2.56. The number of carbonyl (C=O) groups excluding carboxylic acids is 1. The van der Waals surface area contributed by atoms with E-state index in [9.17, 15) is 13.6 Å². The van der Waals surface area contributed by atoms with E-state index in [-0.39, 0.29) is 24.2 Å². The first kappa shape index (κ1) is 16.6. The lowest BCUT2D eigenvalue weighted by molar-refractivity contribution is 0.0511. The number of amides is 1. The first-order chi connectivity index (χ1) is 11.5. The van der Waals surface area contributed by atoms with Crippen molar-refractivity contribution in [2.24, 2.45) is 0 Å². The molecule has 0 saturated carbocycles. The second-order valence-corrected chi connectivity index (χ2v) is 5.88. The molecule has 126 valence electrons. The first-order valence-electron chi connectivity index (χ1n) is 7.41. The largest absolute Gasteiger partial charge is 0.458 e. The normalized spacial score (nSPS) is 17.6. The van der Waals surface area contributed by atoms with Crippen molar-refractivity contribution in [3.05, 3.63) is 52.8 Å². The van der Waals surface area contributed by atoms with Gasteiger partial charge in [0.1, 0.15) is 17.7 Å². The van der Waals surface area contributed by atoms with E-state index in [0.717, 1.165) is 18.6 Å². The SMILES string of the molecule is O=C(c1ccc(F)cc1F)N1CCCC(Oc2ncc(Cl)cn2)C1. The van der Waals surface area contributed by atoms with Crippen molar-refractivity contribution in [3.8, 4) is 6.01 Å². The summed E-state index contributed by atoms with van der Waals surface area (Å²) in [7, 11) is 0. The van der Waals surface area contributed by atoms with Gasteiger partial charge in [-0.05, 0) is 25.0 Å². The molecule has 0 spiro atoms. The molecule has 5 nitrogen and oxygen atoms in total. The molecule has 1 saturated heterocycles. The standard InChI is InChI=1S/C16H14ClF2N3O2/c17-10-7-20-16(21-8-10)24-12-2-1-5-22(9-12)15(23)13-4-3-11(18)6-14(13)19/h3-4,6-8,12H,1-2,5,9H2. The number of ether oxygens (including phenoxy) is 1. The third-order valence-electron chi connectivity index (χ3n) is 3.70. The molecule has 2 heterocycles. The molecule has 1 amide bonds. The van der Waals surface area contributed by atoms with E-state index >= 15 is 0 Å². The highest BCUT2D eigenvalue weighted by atomic mass is 35.5. The fraction of sp³-hybridized carbons (Fsp3) is 0.312. The van der Waals surface area contributed by atoms with E-state index < -0.39 is 17.5 Å². The molecule has 8 heteroatoms. The lowest BCUT2D eigenvalue weighted by Crippen LogP contribution is -2.44. The Morgan fingerprint density at radius 2 is 2.04 bits per heavy atom. The summed E-state index contributed by atoms with van der Waals surface area (Å²) in [5, 5.41) is 0.398. The molecule has 24 heavy (non-hydrogen) atoms. The molecular formula is C16H14ClF2N3O2. The molecule has 3 rings (SSSR count). The number of likely N-dealkylation sites (tertiary alicyclic amines) is 1. The van der Waals surface area contributed by atoms with E-state index in [2.05, 4.69) is 9.97 Å². The minimum absolute atomic E-state index is 0.153. The molecule has 1 fully saturated rings. The Labute approximate surface area is 142 Å². The number of halogens is 3. The summed E-state index contributed by atoms with van der Waals surface area (Å²) < 4.78 is 32.4. The highest BCUT2D eigenvalue weighted by Crippen LogP contribution is 2.19. The van der Waals surface area contributed by atoms with Gasteiger partial charge in [0.2, 0.25) is 0 Å².